The minimum Gasteiger partial charge on any atom is -0.382 e. The number of para-hydroxylation sites is 1. The molecule has 1 aliphatic heterocycles. The summed E-state index contributed by atoms with van der Waals surface area (Å²) in [6.07, 6.45) is 2.00. The van der Waals surface area contributed by atoms with Gasteiger partial charge in [-0.1, -0.05) is 18.2 Å². The second kappa shape index (κ2) is 7.62. The maximum Gasteiger partial charge on any atom is 0.270 e. The summed E-state index contributed by atoms with van der Waals surface area (Å²) in [7, 11) is 1.68. The number of nitrogens with one attached hydrogen (secondary N) is 1. The number of hydrogen-bond donors (Lipinski definition) is 1. The Morgan fingerprint density at radius 1 is 1.26 bits per heavy atom. The molecule has 5 nitrogen and oxygen atoms in total. The number of amides is 1. The number of H-pyrrole nitrogens is 1. The topological polar surface area (TPSA) is 54.6 Å². The highest BCUT2D eigenvalue weighted by molar-refractivity contribution is 5.98. The van der Waals surface area contributed by atoms with Crippen molar-refractivity contribution in [3.8, 4) is 0 Å². The number of likely N-dealkylation sites (tertiary alicyclic amines) is 1. The van der Waals surface area contributed by atoms with Gasteiger partial charge in [-0.25, -0.2) is 0 Å². The Bertz CT molecular complexity index is 612. The zero-order chi connectivity index (χ0) is 16.1. The molecule has 2 heterocycles. The van der Waals surface area contributed by atoms with Crippen LogP contribution in [0.4, 0.5) is 0 Å². The van der Waals surface area contributed by atoms with E-state index >= 15 is 0 Å². The lowest BCUT2D eigenvalue weighted by Crippen LogP contribution is -2.39. The molecular weight excluding hydrogens is 292 g/mol. The molecule has 0 radical (unpaired) electrons. The fourth-order valence-electron chi connectivity index (χ4n) is 3.05. The van der Waals surface area contributed by atoms with Crippen molar-refractivity contribution in [2.45, 2.75) is 12.8 Å². The van der Waals surface area contributed by atoms with Gasteiger partial charge in [-0.3, -0.25) is 4.79 Å². The third-order valence-corrected chi connectivity index (χ3v) is 4.45. The SMILES string of the molecule is COCCOCC1CCN(C(=O)c2cc3ccccc3[nH]2)CC1. The van der Waals surface area contributed by atoms with Gasteiger partial charge < -0.3 is 19.4 Å². The van der Waals surface area contributed by atoms with Gasteiger partial charge in [0.2, 0.25) is 0 Å². The number of methoxy groups -OCH3 is 1. The van der Waals surface area contributed by atoms with Crippen LogP contribution in [-0.4, -0.2) is 55.8 Å². The van der Waals surface area contributed by atoms with Crippen molar-refractivity contribution < 1.29 is 14.3 Å². The molecule has 1 saturated heterocycles. The van der Waals surface area contributed by atoms with E-state index in [9.17, 15) is 4.79 Å². The maximum absolute atomic E-state index is 12.6. The van der Waals surface area contributed by atoms with Gasteiger partial charge in [0.1, 0.15) is 5.69 Å². The molecule has 1 aromatic carbocycles. The van der Waals surface area contributed by atoms with Crippen molar-refractivity contribution >= 4 is 16.8 Å². The lowest BCUT2D eigenvalue weighted by molar-refractivity contribution is 0.0326. The number of piperidine rings is 1. The summed E-state index contributed by atoms with van der Waals surface area (Å²) in [4.78, 5) is 17.8. The summed E-state index contributed by atoms with van der Waals surface area (Å²) in [5.41, 5.74) is 1.69. The van der Waals surface area contributed by atoms with E-state index in [-0.39, 0.29) is 5.91 Å². The van der Waals surface area contributed by atoms with E-state index in [2.05, 4.69) is 4.98 Å². The molecule has 0 bridgehead atoms. The molecule has 0 unspecified atom stereocenters. The predicted octanol–water partition coefficient (Wildman–Crippen LogP) is 2.68. The van der Waals surface area contributed by atoms with Gasteiger partial charge in [-0.05, 0) is 30.9 Å². The van der Waals surface area contributed by atoms with Gasteiger partial charge in [-0.2, -0.15) is 0 Å². The number of aromatic amines is 1. The number of carbonyl (C=O) groups is 1. The van der Waals surface area contributed by atoms with E-state index in [0.717, 1.165) is 43.4 Å². The summed E-state index contributed by atoms with van der Waals surface area (Å²) in [5.74, 6) is 0.638. The van der Waals surface area contributed by atoms with Crippen LogP contribution in [0.15, 0.2) is 30.3 Å². The van der Waals surface area contributed by atoms with Crippen LogP contribution in [0.3, 0.4) is 0 Å². The van der Waals surface area contributed by atoms with Crippen LogP contribution in [0, 0.1) is 5.92 Å². The van der Waals surface area contributed by atoms with Crippen LogP contribution in [0.5, 0.6) is 0 Å². The van der Waals surface area contributed by atoms with E-state index in [1.54, 1.807) is 7.11 Å². The van der Waals surface area contributed by atoms with Crippen LogP contribution in [0.2, 0.25) is 0 Å². The third-order valence-electron chi connectivity index (χ3n) is 4.45. The Morgan fingerprint density at radius 3 is 2.78 bits per heavy atom. The standard InChI is InChI=1S/C18H24N2O3/c1-22-10-11-23-13-14-6-8-20(9-7-14)18(21)17-12-15-4-2-3-5-16(15)19-17/h2-5,12,14,19H,6-11,13H2,1H3. The number of nitrogens with zero attached hydrogens (tertiary/aromatic N) is 1. The molecule has 124 valence electrons. The monoisotopic (exact) mass is 316 g/mol. The number of carbonyl (C=O) groups excluding carboxylic acids is 1. The second-order valence-electron chi connectivity index (χ2n) is 6.07. The number of ether oxygens (including phenoxy) is 2. The molecule has 0 aliphatic carbocycles. The van der Waals surface area contributed by atoms with Crippen LogP contribution >= 0.6 is 0 Å². The van der Waals surface area contributed by atoms with E-state index < -0.39 is 0 Å². The summed E-state index contributed by atoms with van der Waals surface area (Å²) in [6.45, 7) is 3.64. The first-order valence-corrected chi connectivity index (χ1v) is 8.21. The fraction of sp³-hybridized carbons (Fsp3) is 0.500. The van der Waals surface area contributed by atoms with E-state index in [4.69, 9.17) is 9.47 Å². The van der Waals surface area contributed by atoms with Gasteiger partial charge in [-0.15, -0.1) is 0 Å². The molecule has 0 saturated carbocycles. The average molecular weight is 316 g/mol. The van der Waals surface area contributed by atoms with Crippen molar-refractivity contribution in [1.82, 2.24) is 9.88 Å². The first-order chi connectivity index (χ1) is 11.3. The predicted molar refractivity (Wildman–Crippen MR) is 89.6 cm³/mol. The van der Waals surface area contributed by atoms with Crippen LogP contribution in [0.1, 0.15) is 23.3 Å². The minimum atomic E-state index is 0.0972. The Morgan fingerprint density at radius 2 is 2.04 bits per heavy atom. The highest BCUT2D eigenvalue weighted by atomic mass is 16.5. The van der Waals surface area contributed by atoms with Crippen molar-refractivity contribution in [3.05, 3.63) is 36.0 Å². The third kappa shape index (κ3) is 3.92. The summed E-state index contributed by atoms with van der Waals surface area (Å²) >= 11 is 0. The average Bonchev–Trinajstić information content (AvgIpc) is 3.03. The molecule has 2 aromatic rings. The molecule has 1 aromatic heterocycles. The van der Waals surface area contributed by atoms with Crippen molar-refractivity contribution in [1.29, 1.82) is 0 Å². The molecule has 23 heavy (non-hydrogen) atoms. The Kier molecular flexibility index (Phi) is 5.31. The van der Waals surface area contributed by atoms with Crippen LogP contribution < -0.4 is 0 Å². The zero-order valence-electron chi connectivity index (χ0n) is 13.6. The highest BCUT2D eigenvalue weighted by Gasteiger charge is 2.24. The summed E-state index contributed by atoms with van der Waals surface area (Å²) in [6, 6.07) is 9.92. The van der Waals surface area contributed by atoms with Gasteiger partial charge in [0.05, 0.1) is 13.2 Å². The minimum absolute atomic E-state index is 0.0972. The molecular formula is C18H24N2O3. The molecule has 3 rings (SSSR count). The Hall–Kier alpha value is -1.85. The molecule has 1 aliphatic rings. The number of aromatic nitrogens is 1. The Balaban J connectivity index is 1.52. The first kappa shape index (κ1) is 16.0. The van der Waals surface area contributed by atoms with Gasteiger partial charge >= 0.3 is 0 Å². The van der Waals surface area contributed by atoms with Crippen molar-refractivity contribution in [3.63, 3.8) is 0 Å². The lowest BCUT2D eigenvalue weighted by Gasteiger charge is -2.31. The van der Waals surface area contributed by atoms with Crippen molar-refractivity contribution in [2.24, 2.45) is 5.92 Å². The Labute approximate surface area is 136 Å². The van der Waals surface area contributed by atoms with Gasteiger partial charge in [0.15, 0.2) is 0 Å². The molecule has 1 fully saturated rings. The normalized spacial score (nSPS) is 16.1. The first-order valence-electron chi connectivity index (χ1n) is 8.21. The molecule has 0 atom stereocenters. The largest absolute Gasteiger partial charge is 0.382 e. The van der Waals surface area contributed by atoms with Gasteiger partial charge in [0, 0.05) is 37.7 Å². The molecule has 5 heteroatoms. The van der Waals surface area contributed by atoms with E-state index in [0.29, 0.717) is 24.8 Å². The molecule has 1 N–H and O–H groups in total. The maximum atomic E-state index is 12.6. The van der Waals surface area contributed by atoms with E-state index in [1.165, 1.54) is 0 Å². The van der Waals surface area contributed by atoms with Crippen LogP contribution in [0.25, 0.3) is 10.9 Å². The van der Waals surface area contributed by atoms with Crippen LogP contribution in [-0.2, 0) is 9.47 Å². The van der Waals surface area contributed by atoms with Crippen molar-refractivity contribution in [2.75, 3.05) is 40.0 Å². The smallest absolute Gasteiger partial charge is 0.270 e. The summed E-state index contributed by atoms with van der Waals surface area (Å²) in [5, 5.41) is 1.08. The number of rotatable bonds is 6. The van der Waals surface area contributed by atoms with E-state index in [1.807, 2.05) is 35.2 Å². The second-order valence-corrected chi connectivity index (χ2v) is 6.07. The fourth-order valence-corrected chi connectivity index (χ4v) is 3.05. The molecule has 1 amide bonds. The highest BCUT2D eigenvalue weighted by Crippen LogP contribution is 2.21. The number of fused-ring (bicyclic) bond motifs is 1. The molecule has 0 spiro atoms. The quantitative estimate of drug-likeness (QED) is 0.834. The zero-order valence-corrected chi connectivity index (χ0v) is 13.6. The lowest BCUT2D eigenvalue weighted by atomic mass is 9.97. The number of benzene rings is 1. The summed E-state index contributed by atoms with van der Waals surface area (Å²) < 4.78 is 10.6. The van der Waals surface area contributed by atoms with Gasteiger partial charge in [0.25, 0.3) is 5.91 Å². The number of hydrogen-bond acceptors (Lipinski definition) is 3.